The van der Waals surface area contributed by atoms with Gasteiger partial charge in [-0.05, 0) is 30.2 Å². The maximum Gasteiger partial charge on any atom is 0.178 e. The highest BCUT2D eigenvalue weighted by Crippen LogP contribution is 2.20. The number of piperazine rings is 1. The Balaban J connectivity index is 1.98. The van der Waals surface area contributed by atoms with Gasteiger partial charge in [0, 0.05) is 38.4 Å². The molecule has 0 bridgehead atoms. The van der Waals surface area contributed by atoms with Gasteiger partial charge in [-0.1, -0.05) is 20.8 Å². The van der Waals surface area contributed by atoms with E-state index >= 15 is 0 Å². The summed E-state index contributed by atoms with van der Waals surface area (Å²) in [6.45, 7) is 11.5. The van der Waals surface area contributed by atoms with E-state index in [0.29, 0.717) is 10.8 Å². The first-order valence-corrected chi connectivity index (χ1v) is 9.37. The van der Waals surface area contributed by atoms with Crippen LogP contribution in [0, 0.1) is 5.92 Å². The summed E-state index contributed by atoms with van der Waals surface area (Å²) < 4.78 is 23.6. The normalized spacial score (nSPS) is 17.4. The van der Waals surface area contributed by atoms with Crippen LogP contribution in [0.15, 0.2) is 29.2 Å². The van der Waals surface area contributed by atoms with E-state index in [2.05, 4.69) is 23.6 Å². The van der Waals surface area contributed by atoms with Gasteiger partial charge in [-0.3, -0.25) is 4.90 Å². The smallest absolute Gasteiger partial charge is 0.178 e. The van der Waals surface area contributed by atoms with Crippen LogP contribution in [0.5, 0.6) is 0 Å². The van der Waals surface area contributed by atoms with E-state index in [1.54, 1.807) is 19.1 Å². The predicted molar refractivity (Wildman–Crippen MR) is 87.7 cm³/mol. The van der Waals surface area contributed by atoms with Crippen molar-refractivity contribution in [3.05, 3.63) is 24.3 Å². The van der Waals surface area contributed by atoms with Crippen molar-refractivity contribution in [1.29, 1.82) is 0 Å². The van der Waals surface area contributed by atoms with Crippen LogP contribution < -0.4 is 4.90 Å². The van der Waals surface area contributed by atoms with Gasteiger partial charge in [0.15, 0.2) is 9.84 Å². The molecule has 1 aromatic rings. The molecule has 1 aliphatic heterocycles. The monoisotopic (exact) mass is 310 g/mol. The summed E-state index contributed by atoms with van der Waals surface area (Å²) >= 11 is 0. The number of anilines is 1. The average molecular weight is 310 g/mol. The van der Waals surface area contributed by atoms with Crippen molar-refractivity contribution in [2.75, 3.05) is 43.4 Å². The Morgan fingerprint density at radius 2 is 1.62 bits per heavy atom. The van der Waals surface area contributed by atoms with Crippen molar-refractivity contribution < 1.29 is 8.42 Å². The third-order valence-corrected chi connectivity index (χ3v) is 5.69. The first-order valence-electron chi connectivity index (χ1n) is 7.72. The lowest BCUT2D eigenvalue weighted by molar-refractivity contribution is 0.231. The molecule has 1 saturated heterocycles. The molecule has 0 atom stereocenters. The molecule has 0 aromatic heterocycles. The number of sulfone groups is 1. The molecule has 4 nitrogen and oxygen atoms in total. The minimum atomic E-state index is -3.09. The SMILES string of the molecule is CCS(=O)(=O)c1ccc(N2CCN(CC(C)C)CC2)cc1. The molecule has 1 aromatic carbocycles. The molecule has 0 amide bonds. The van der Waals surface area contributed by atoms with Gasteiger partial charge in [-0.25, -0.2) is 8.42 Å². The second-order valence-electron chi connectivity index (χ2n) is 6.08. The van der Waals surface area contributed by atoms with Crippen LogP contribution in [0.2, 0.25) is 0 Å². The van der Waals surface area contributed by atoms with Gasteiger partial charge in [-0.15, -0.1) is 0 Å². The topological polar surface area (TPSA) is 40.6 Å². The van der Waals surface area contributed by atoms with Crippen molar-refractivity contribution in [2.45, 2.75) is 25.7 Å². The Labute approximate surface area is 128 Å². The van der Waals surface area contributed by atoms with E-state index in [1.807, 2.05) is 12.1 Å². The first kappa shape index (κ1) is 16.3. The average Bonchev–Trinajstić information content (AvgIpc) is 2.47. The molecule has 1 heterocycles. The maximum absolute atomic E-state index is 11.8. The van der Waals surface area contributed by atoms with Crippen LogP contribution in [0.1, 0.15) is 20.8 Å². The Morgan fingerprint density at radius 1 is 1.05 bits per heavy atom. The molecule has 0 aliphatic carbocycles. The highest BCUT2D eigenvalue weighted by molar-refractivity contribution is 7.91. The number of nitrogens with zero attached hydrogens (tertiary/aromatic N) is 2. The molecular weight excluding hydrogens is 284 g/mol. The van der Waals surface area contributed by atoms with Crippen LogP contribution in [-0.2, 0) is 9.84 Å². The van der Waals surface area contributed by atoms with Gasteiger partial charge in [-0.2, -0.15) is 0 Å². The van der Waals surface area contributed by atoms with Crippen molar-refractivity contribution >= 4 is 15.5 Å². The third-order valence-electron chi connectivity index (χ3n) is 3.94. The van der Waals surface area contributed by atoms with Crippen molar-refractivity contribution in [3.63, 3.8) is 0 Å². The highest BCUT2D eigenvalue weighted by Gasteiger charge is 2.18. The zero-order chi connectivity index (χ0) is 15.5. The Bertz CT molecular complexity index is 544. The zero-order valence-electron chi connectivity index (χ0n) is 13.2. The van der Waals surface area contributed by atoms with Gasteiger partial charge in [0.25, 0.3) is 0 Å². The highest BCUT2D eigenvalue weighted by atomic mass is 32.2. The van der Waals surface area contributed by atoms with Gasteiger partial charge in [0.1, 0.15) is 0 Å². The third kappa shape index (κ3) is 4.20. The summed E-state index contributed by atoms with van der Waals surface area (Å²) in [5.41, 5.74) is 1.12. The molecule has 2 rings (SSSR count). The molecule has 118 valence electrons. The number of benzene rings is 1. The Hall–Kier alpha value is -1.07. The number of hydrogen-bond donors (Lipinski definition) is 0. The minimum absolute atomic E-state index is 0.153. The van der Waals surface area contributed by atoms with Crippen molar-refractivity contribution in [1.82, 2.24) is 4.90 Å². The number of hydrogen-bond acceptors (Lipinski definition) is 4. The molecule has 1 aliphatic rings. The second-order valence-corrected chi connectivity index (χ2v) is 8.36. The molecular formula is C16H26N2O2S. The lowest BCUT2D eigenvalue weighted by Crippen LogP contribution is -2.47. The van der Waals surface area contributed by atoms with Crippen LogP contribution in [0.4, 0.5) is 5.69 Å². The summed E-state index contributed by atoms with van der Waals surface area (Å²) in [5.74, 6) is 0.857. The fourth-order valence-electron chi connectivity index (χ4n) is 2.74. The first-order chi connectivity index (χ1) is 9.92. The van der Waals surface area contributed by atoms with Crippen molar-refractivity contribution in [2.24, 2.45) is 5.92 Å². The van der Waals surface area contributed by atoms with Crippen molar-refractivity contribution in [3.8, 4) is 0 Å². The minimum Gasteiger partial charge on any atom is -0.369 e. The summed E-state index contributed by atoms with van der Waals surface area (Å²) in [6.07, 6.45) is 0. The summed E-state index contributed by atoms with van der Waals surface area (Å²) in [4.78, 5) is 5.25. The largest absolute Gasteiger partial charge is 0.369 e. The standard InChI is InChI=1S/C16H26N2O2S/c1-4-21(19,20)16-7-5-15(6-8-16)18-11-9-17(10-12-18)13-14(2)3/h5-8,14H,4,9-13H2,1-3H3. The molecule has 21 heavy (non-hydrogen) atoms. The summed E-state index contributed by atoms with van der Waals surface area (Å²) in [6, 6.07) is 7.32. The van der Waals surface area contributed by atoms with Crippen LogP contribution in [0.25, 0.3) is 0 Å². The van der Waals surface area contributed by atoms with Gasteiger partial charge < -0.3 is 4.90 Å². The van der Waals surface area contributed by atoms with Crippen LogP contribution in [-0.4, -0.2) is 51.8 Å². The summed E-state index contributed by atoms with van der Waals surface area (Å²) in [7, 11) is -3.09. The predicted octanol–water partition coefficient (Wildman–Crippen LogP) is 2.26. The second kappa shape index (κ2) is 6.79. The quantitative estimate of drug-likeness (QED) is 0.836. The van der Waals surface area contributed by atoms with Crippen LogP contribution >= 0.6 is 0 Å². The summed E-state index contributed by atoms with van der Waals surface area (Å²) in [5, 5.41) is 0. The Morgan fingerprint density at radius 3 is 2.10 bits per heavy atom. The van der Waals surface area contributed by atoms with E-state index in [9.17, 15) is 8.42 Å². The van der Waals surface area contributed by atoms with Crippen LogP contribution in [0.3, 0.4) is 0 Å². The van der Waals surface area contributed by atoms with E-state index < -0.39 is 9.84 Å². The molecule has 0 spiro atoms. The maximum atomic E-state index is 11.8. The van der Waals surface area contributed by atoms with Gasteiger partial charge >= 0.3 is 0 Å². The van der Waals surface area contributed by atoms with E-state index in [1.165, 1.54) is 0 Å². The molecule has 0 radical (unpaired) electrons. The fraction of sp³-hybridized carbons (Fsp3) is 0.625. The molecule has 0 N–H and O–H groups in total. The van der Waals surface area contributed by atoms with E-state index in [0.717, 1.165) is 38.4 Å². The zero-order valence-corrected chi connectivity index (χ0v) is 14.1. The number of rotatable bonds is 5. The molecule has 0 saturated carbocycles. The lowest BCUT2D eigenvalue weighted by Gasteiger charge is -2.36. The van der Waals surface area contributed by atoms with Gasteiger partial charge in [0.05, 0.1) is 10.6 Å². The van der Waals surface area contributed by atoms with E-state index in [4.69, 9.17) is 0 Å². The molecule has 5 heteroatoms. The van der Waals surface area contributed by atoms with E-state index in [-0.39, 0.29) is 5.75 Å². The Kier molecular flexibility index (Phi) is 5.27. The molecule has 1 fully saturated rings. The fourth-order valence-corrected chi connectivity index (χ4v) is 3.62. The van der Waals surface area contributed by atoms with Gasteiger partial charge in [0.2, 0.25) is 0 Å². The molecule has 0 unspecified atom stereocenters. The lowest BCUT2D eigenvalue weighted by atomic mass is 10.2.